The molecule has 4 heterocycles. The molecule has 0 atom stereocenters. The van der Waals surface area contributed by atoms with E-state index in [2.05, 4.69) is 20.4 Å². The number of nitrogen functional groups attached to an aromatic ring is 1. The highest BCUT2D eigenvalue weighted by Gasteiger charge is 2.27. The molecule has 0 aliphatic carbocycles. The molecular weight excluding hydrogens is 374 g/mol. The van der Waals surface area contributed by atoms with Crippen LogP contribution >= 0.6 is 0 Å². The second-order valence-corrected chi connectivity index (χ2v) is 7.01. The second kappa shape index (κ2) is 7.74. The summed E-state index contributed by atoms with van der Waals surface area (Å²) < 4.78 is 1.63. The fraction of sp³-hybridized carbons (Fsp3) is 0.316. The number of carboxylic acid groups (broad SMARTS) is 1. The summed E-state index contributed by atoms with van der Waals surface area (Å²) in [6, 6.07) is 5.47. The van der Waals surface area contributed by atoms with Crippen molar-refractivity contribution in [2.75, 3.05) is 25.4 Å². The highest BCUT2D eigenvalue weighted by atomic mass is 16.4. The van der Waals surface area contributed by atoms with Gasteiger partial charge in [-0.05, 0) is 37.0 Å². The summed E-state index contributed by atoms with van der Waals surface area (Å²) in [4.78, 5) is 33.8. The van der Waals surface area contributed by atoms with Crippen LogP contribution in [0.2, 0.25) is 0 Å². The Bertz CT molecular complexity index is 1040. The van der Waals surface area contributed by atoms with Crippen LogP contribution in [0.3, 0.4) is 0 Å². The van der Waals surface area contributed by atoms with E-state index in [-0.39, 0.29) is 17.6 Å². The predicted molar refractivity (Wildman–Crippen MR) is 105 cm³/mol. The van der Waals surface area contributed by atoms with E-state index in [0.29, 0.717) is 30.7 Å². The number of rotatable bonds is 4. The Kier molecular flexibility index (Phi) is 4.98. The number of pyridine rings is 1. The number of nitrogens with one attached hydrogen (secondary N) is 1. The van der Waals surface area contributed by atoms with Crippen molar-refractivity contribution in [1.82, 2.24) is 29.8 Å². The summed E-state index contributed by atoms with van der Waals surface area (Å²) in [6.45, 7) is 1.51. The van der Waals surface area contributed by atoms with E-state index in [1.807, 2.05) is 12.1 Å². The summed E-state index contributed by atoms with van der Waals surface area (Å²) in [7, 11) is 0. The summed E-state index contributed by atoms with van der Waals surface area (Å²) in [5.41, 5.74) is 8.63. The van der Waals surface area contributed by atoms with Crippen molar-refractivity contribution in [2.45, 2.75) is 12.8 Å². The number of carbonyl (C=O) groups excluding carboxylic acids is 1. The van der Waals surface area contributed by atoms with Crippen molar-refractivity contribution < 1.29 is 14.7 Å². The zero-order valence-corrected chi connectivity index (χ0v) is 15.7. The van der Waals surface area contributed by atoms with Crippen molar-refractivity contribution in [3.63, 3.8) is 0 Å². The number of piperidine rings is 1. The summed E-state index contributed by atoms with van der Waals surface area (Å²) in [5.74, 6) is 0.333. The second-order valence-electron chi connectivity index (χ2n) is 7.01. The number of nitrogens with zero attached hydrogens (tertiary/aromatic N) is 5. The highest BCUT2D eigenvalue weighted by Crippen LogP contribution is 2.29. The van der Waals surface area contributed by atoms with Crippen LogP contribution in [0.15, 0.2) is 36.9 Å². The van der Waals surface area contributed by atoms with Gasteiger partial charge >= 0.3 is 6.09 Å². The number of carbonyl (C=O) groups is 2. The predicted octanol–water partition coefficient (Wildman–Crippen LogP) is 1.49. The van der Waals surface area contributed by atoms with Crippen LogP contribution in [0, 0.1) is 5.92 Å². The van der Waals surface area contributed by atoms with E-state index in [0.717, 1.165) is 24.1 Å². The zero-order valence-electron chi connectivity index (χ0n) is 15.7. The van der Waals surface area contributed by atoms with Gasteiger partial charge in [-0.15, -0.1) is 0 Å². The van der Waals surface area contributed by atoms with E-state index in [4.69, 9.17) is 10.8 Å². The Morgan fingerprint density at radius 2 is 1.97 bits per heavy atom. The van der Waals surface area contributed by atoms with Gasteiger partial charge < -0.3 is 21.1 Å². The average molecular weight is 395 g/mol. The Morgan fingerprint density at radius 3 is 2.66 bits per heavy atom. The lowest BCUT2D eigenvalue weighted by Gasteiger charge is -2.31. The van der Waals surface area contributed by atoms with Gasteiger partial charge in [-0.25, -0.2) is 14.3 Å². The lowest BCUT2D eigenvalue weighted by atomic mass is 9.96. The van der Waals surface area contributed by atoms with Gasteiger partial charge in [0.1, 0.15) is 11.8 Å². The van der Waals surface area contributed by atoms with Gasteiger partial charge in [0.05, 0.1) is 11.3 Å². The Labute approximate surface area is 166 Å². The first kappa shape index (κ1) is 18.7. The quantitative estimate of drug-likeness (QED) is 0.608. The van der Waals surface area contributed by atoms with E-state index in [9.17, 15) is 9.59 Å². The van der Waals surface area contributed by atoms with E-state index in [1.165, 1.54) is 6.33 Å². The lowest BCUT2D eigenvalue weighted by Crippen LogP contribution is -2.41. The number of amides is 2. The molecule has 0 unspecified atom stereocenters. The van der Waals surface area contributed by atoms with Gasteiger partial charge in [0.25, 0.3) is 5.91 Å². The lowest BCUT2D eigenvalue weighted by molar-refractivity contribution is 0.0691. The first-order valence-corrected chi connectivity index (χ1v) is 9.33. The number of anilines is 1. The normalized spacial score (nSPS) is 14.8. The molecule has 0 bridgehead atoms. The van der Waals surface area contributed by atoms with E-state index >= 15 is 0 Å². The van der Waals surface area contributed by atoms with Crippen LogP contribution in [0.25, 0.3) is 16.8 Å². The minimum absolute atomic E-state index is 0.131. The zero-order chi connectivity index (χ0) is 20.4. The molecular formula is C19H21N7O3. The Morgan fingerprint density at radius 1 is 1.24 bits per heavy atom. The SMILES string of the molecule is Nc1ncnn2c(-c3ccncc3)cc(C(=O)N3CCC(CNC(=O)O)CC3)c12. The number of aromatic nitrogens is 4. The molecule has 1 saturated heterocycles. The number of nitrogens with two attached hydrogens (primary N) is 1. The fourth-order valence-electron chi connectivity index (χ4n) is 3.70. The maximum atomic E-state index is 13.3. The van der Waals surface area contributed by atoms with Crippen molar-refractivity contribution >= 4 is 23.3 Å². The molecule has 1 aliphatic rings. The van der Waals surface area contributed by atoms with Gasteiger partial charge in [0.15, 0.2) is 5.82 Å². The molecule has 3 aromatic rings. The third kappa shape index (κ3) is 3.68. The molecule has 29 heavy (non-hydrogen) atoms. The molecule has 0 radical (unpaired) electrons. The third-order valence-corrected chi connectivity index (χ3v) is 5.23. The van der Waals surface area contributed by atoms with Gasteiger partial charge in [-0.2, -0.15) is 5.10 Å². The topological polar surface area (TPSA) is 139 Å². The minimum atomic E-state index is -1.03. The molecule has 10 nitrogen and oxygen atoms in total. The van der Waals surface area contributed by atoms with Gasteiger partial charge in [0.2, 0.25) is 0 Å². The van der Waals surface area contributed by atoms with Crippen LogP contribution in [0.5, 0.6) is 0 Å². The number of likely N-dealkylation sites (tertiary alicyclic amines) is 1. The Balaban J connectivity index is 1.61. The molecule has 4 N–H and O–H groups in total. The first-order valence-electron chi connectivity index (χ1n) is 9.33. The van der Waals surface area contributed by atoms with Gasteiger partial charge in [-0.3, -0.25) is 9.78 Å². The molecule has 0 spiro atoms. The summed E-state index contributed by atoms with van der Waals surface area (Å²) >= 11 is 0. The molecule has 1 aliphatic heterocycles. The molecule has 0 aromatic carbocycles. The van der Waals surface area contributed by atoms with Crippen LogP contribution in [0.1, 0.15) is 23.2 Å². The van der Waals surface area contributed by atoms with Crippen molar-refractivity contribution in [3.8, 4) is 11.3 Å². The van der Waals surface area contributed by atoms with Gasteiger partial charge in [-0.1, -0.05) is 0 Å². The van der Waals surface area contributed by atoms with Crippen molar-refractivity contribution in [1.29, 1.82) is 0 Å². The van der Waals surface area contributed by atoms with Crippen LogP contribution in [-0.2, 0) is 0 Å². The highest BCUT2D eigenvalue weighted by molar-refractivity contribution is 6.05. The largest absolute Gasteiger partial charge is 0.465 e. The molecule has 150 valence electrons. The first-order chi connectivity index (χ1) is 14.0. The van der Waals surface area contributed by atoms with Crippen LogP contribution < -0.4 is 11.1 Å². The Hall–Kier alpha value is -3.69. The maximum absolute atomic E-state index is 13.3. The van der Waals surface area contributed by atoms with E-state index in [1.54, 1.807) is 27.9 Å². The number of hydrogen-bond donors (Lipinski definition) is 3. The molecule has 1 fully saturated rings. The third-order valence-electron chi connectivity index (χ3n) is 5.23. The monoisotopic (exact) mass is 395 g/mol. The molecule has 4 rings (SSSR count). The van der Waals surface area contributed by atoms with E-state index < -0.39 is 6.09 Å². The van der Waals surface area contributed by atoms with Crippen molar-refractivity contribution in [2.24, 2.45) is 5.92 Å². The minimum Gasteiger partial charge on any atom is -0.465 e. The molecule has 10 heteroatoms. The van der Waals surface area contributed by atoms with Gasteiger partial charge in [0, 0.05) is 37.6 Å². The molecule has 3 aromatic heterocycles. The summed E-state index contributed by atoms with van der Waals surface area (Å²) in [5, 5.41) is 15.5. The average Bonchev–Trinajstić information content (AvgIpc) is 3.14. The standard InChI is InChI=1S/C19H21N7O3/c20-17-16-14(18(27)25-7-3-12(4-8-25)10-22-19(28)29)9-15(26(16)24-11-23-17)13-1-5-21-6-2-13/h1-2,5-6,9,11-12,22H,3-4,7-8,10H2,(H,28,29)(H2,20,23,24). The van der Waals surface area contributed by atoms with Crippen LogP contribution in [0.4, 0.5) is 10.6 Å². The molecule has 2 amide bonds. The fourth-order valence-corrected chi connectivity index (χ4v) is 3.70. The summed E-state index contributed by atoms with van der Waals surface area (Å²) in [6.07, 6.45) is 5.17. The van der Waals surface area contributed by atoms with Crippen LogP contribution in [-0.4, -0.2) is 61.2 Å². The van der Waals surface area contributed by atoms with Crippen molar-refractivity contribution in [3.05, 3.63) is 42.5 Å². The number of hydrogen-bond acceptors (Lipinski definition) is 6. The molecule has 0 saturated carbocycles. The smallest absolute Gasteiger partial charge is 0.404 e. The number of fused-ring (bicyclic) bond motifs is 1. The maximum Gasteiger partial charge on any atom is 0.404 e.